The van der Waals surface area contributed by atoms with E-state index in [9.17, 15) is 9.90 Å². The van der Waals surface area contributed by atoms with Gasteiger partial charge in [0.1, 0.15) is 0 Å². The number of nitrogens with zero attached hydrogens (tertiary/aromatic N) is 2. The van der Waals surface area contributed by atoms with E-state index in [1.807, 2.05) is 6.07 Å². The molecule has 0 fully saturated rings. The normalized spacial score (nSPS) is 12.2. The van der Waals surface area contributed by atoms with Gasteiger partial charge >= 0.3 is 0 Å². The molecule has 0 aliphatic rings. The molecule has 2 aromatic rings. The number of benzene rings is 1. The Labute approximate surface area is 132 Å². The number of hydrogen-bond acceptors (Lipinski definition) is 3. The van der Waals surface area contributed by atoms with Gasteiger partial charge in [-0.3, -0.25) is 9.48 Å². The Balaban J connectivity index is 2.26. The average Bonchev–Trinajstić information content (AvgIpc) is 2.81. The molecule has 0 aliphatic carbocycles. The summed E-state index contributed by atoms with van der Waals surface area (Å²) in [7, 11) is 1.74. The summed E-state index contributed by atoms with van der Waals surface area (Å²) in [6.07, 6.45) is -0.604. The molecule has 0 bridgehead atoms. The van der Waals surface area contributed by atoms with E-state index in [4.69, 9.17) is 23.2 Å². The van der Waals surface area contributed by atoms with Crippen molar-refractivity contribution in [3.8, 4) is 11.3 Å². The number of aromatic nitrogens is 2. The number of rotatable bonds is 4. The zero-order valence-corrected chi connectivity index (χ0v) is 13.1. The Morgan fingerprint density at radius 1 is 1.38 bits per heavy atom. The van der Waals surface area contributed by atoms with E-state index in [1.165, 1.54) is 0 Å². The molecule has 1 amide bonds. The van der Waals surface area contributed by atoms with Crippen molar-refractivity contribution in [1.82, 2.24) is 15.1 Å². The summed E-state index contributed by atoms with van der Waals surface area (Å²) in [5.74, 6) is -0.335. The van der Waals surface area contributed by atoms with E-state index < -0.39 is 6.10 Å². The molecule has 0 spiro atoms. The highest BCUT2D eigenvalue weighted by molar-refractivity contribution is 6.42. The van der Waals surface area contributed by atoms with Crippen molar-refractivity contribution >= 4 is 29.1 Å². The van der Waals surface area contributed by atoms with Crippen LogP contribution in [0.3, 0.4) is 0 Å². The first-order chi connectivity index (χ1) is 9.88. The fraction of sp³-hybridized carbons (Fsp3) is 0.286. The molecule has 1 aromatic carbocycles. The van der Waals surface area contributed by atoms with Crippen LogP contribution in [0.1, 0.15) is 17.4 Å². The standard InChI is InChI=1S/C14H15Cl2N3O2/c1-8(20)7-17-14(21)12-6-13(19(2)18-12)9-3-4-10(15)11(16)5-9/h3-6,8,20H,7H2,1-2H3,(H,17,21)/t8-/m1/s1. The molecule has 2 N–H and O–H groups in total. The van der Waals surface area contributed by atoms with Crippen LogP contribution in [0.4, 0.5) is 0 Å². The fourth-order valence-electron chi connectivity index (χ4n) is 1.83. The maximum atomic E-state index is 11.9. The summed E-state index contributed by atoms with van der Waals surface area (Å²) >= 11 is 11.9. The van der Waals surface area contributed by atoms with Gasteiger partial charge in [-0.15, -0.1) is 0 Å². The summed E-state index contributed by atoms with van der Waals surface area (Å²) in [6.45, 7) is 1.78. The first-order valence-electron chi connectivity index (χ1n) is 6.34. The van der Waals surface area contributed by atoms with Gasteiger partial charge in [-0.05, 0) is 25.1 Å². The lowest BCUT2D eigenvalue weighted by atomic mass is 10.1. The molecule has 0 aliphatic heterocycles. The van der Waals surface area contributed by atoms with Crippen LogP contribution in [0.5, 0.6) is 0 Å². The SMILES string of the molecule is C[C@@H](O)CNC(=O)c1cc(-c2ccc(Cl)c(Cl)c2)n(C)n1. The minimum absolute atomic E-state index is 0.178. The van der Waals surface area contributed by atoms with E-state index in [0.717, 1.165) is 11.3 Å². The first kappa shape index (κ1) is 15.8. The summed E-state index contributed by atoms with van der Waals surface area (Å²) in [4.78, 5) is 11.9. The van der Waals surface area contributed by atoms with Gasteiger partial charge in [-0.1, -0.05) is 29.3 Å². The summed E-state index contributed by atoms with van der Waals surface area (Å²) in [6, 6.07) is 6.89. The Morgan fingerprint density at radius 2 is 2.10 bits per heavy atom. The summed E-state index contributed by atoms with van der Waals surface area (Å²) in [5, 5.41) is 16.8. The second-order valence-electron chi connectivity index (χ2n) is 4.73. The van der Waals surface area contributed by atoms with Crippen LogP contribution < -0.4 is 5.32 Å². The Morgan fingerprint density at radius 3 is 2.71 bits per heavy atom. The number of amides is 1. The highest BCUT2D eigenvalue weighted by Crippen LogP contribution is 2.28. The van der Waals surface area contributed by atoms with E-state index in [2.05, 4.69) is 10.4 Å². The van der Waals surface area contributed by atoms with Crippen molar-refractivity contribution in [2.24, 2.45) is 7.05 Å². The molecule has 1 atom stereocenters. The monoisotopic (exact) mass is 327 g/mol. The second-order valence-corrected chi connectivity index (χ2v) is 5.54. The van der Waals surface area contributed by atoms with Gasteiger partial charge in [0.05, 0.1) is 21.8 Å². The van der Waals surface area contributed by atoms with E-state index in [-0.39, 0.29) is 18.1 Å². The fourth-order valence-corrected chi connectivity index (χ4v) is 2.13. The van der Waals surface area contributed by atoms with Crippen molar-refractivity contribution in [3.05, 3.63) is 40.0 Å². The Bertz CT molecular complexity index is 668. The lowest BCUT2D eigenvalue weighted by Gasteiger charge is -2.04. The molecule has 0 unspecified atom stereocenters. The topological polar surface area (TPSA) is 67.2 Å². The number of carbonyl (C=O) groups excluding carboxylic acids is 1. The smallest absolute Gasteiger partial charge is 0.271 e. The number of aryl methyl sites for hydroxylation is 1. The molecule has 112 valence electrons. The van der Waals surface area contributed by atoms with Crippen molar-refractivity contribution in [1.29, 1.82) is 0 Å². The number of carbonyl (C=O) groups is 1. The van der Waals surface area contributed by atoms with Crippen molar-refractivity contribution in [2.75, 3.05) is 6.54 Å². The van der Waals surface area contributed by atoms with E-state index >= 15 is 0 Å². The van der Waals surface area contributed by atoms with Gasteiger partial charge in [0.25, 0.3) is 5.91 Å². The number of halogens is 2. The molecular formula is C14H15Cl2N3O2. The zero-order valence-electron chi connectivity index (χ0n) is 11.6. The maximum Gasteiger partial charge on any atom is 0.271 e. The molecule has 0 radical (unpaired) electrons. The number of nitrogens with one attached hydrogen (secondary N) is 1. The van der Waals surface area contributed by atoms with Crippen LogP contribution in [0.25, 0.3) is 11.3 Å². The molecule has 21 heavy (non-hydrogen) atoms. The van der Waals surface area contributed by atoms with Crippen LogP contribution in [-0.4, -0.2) is 33.4 Å². The third-order valence-corrected chi connectivity index (χ3v) is 3.62. The molecule has 1 heterocycles. The third kappa shape index (κ3) is 3.75. The van der Waals surface area contributed by atoms with Gasteiger partial charge in [-0.25, -0.2) is 0 Å². The zero-order chi connectivity index (χ0) is 15.6. The third-order valence-electron chi connectivity index (χ3n) is 2.89. The highest BCUT2D eigenvalue weighted by atomic mass is 35.5. The van der Waals surface area contributed by atoms with Crippen LogP contribution in [0.15, 0.2) is 24.3 Å². The molecule has 2 rings (SSSR count). The maximum absolute atomic E-state index is 11.9. The van der Waals surface area contributed by atoms with Crippen molar-refractivity contribution in [2.45, 2.75) is 13.0 Å². The van der Waals surface area contributed by atoms with E-state index in [1.54, 1.807) is 36.9 Å². The minimum atomic E-state index is -0.604. The molecule has 0 saturated carbocycles. The summed E-state index contributed by atoms with van der Waals surface area (Å²) < 4.78 is 1.59. The number of hydrogen-bond donors (Lipinski definition) is 2. The number of aliphatic hydroxyl groups excluding tert-OH is 1. The first-order valence-corrected chi connectivity index (χ1v) is 7.10. The molecule has 7 heteroatoms. The average molecular weight is 328 g/mol. The lowest BCUT2D eigenvalue weighted by Crippen LogP contribution is -2.30. The van der Waals surface area contributed by atoms with Crippen LogP contribution >= 0.6 is 23.2 Å². The minimum Gasteiger partial charge on any atom is -0.392 e. The quantitative estimate of drug-likeness (QED) is 0.906. The van der Waals surface area contributed by atoms with Crippen LogP contribution in [-0.2, 0) is 7.05 Å². The predicted molar refractivity (Wildman–Crippen MR) is 82.7 cm³/mol. The van der Waals surface area contributed by atoms with E-state index in [0.29, 0.717) is 10.0 Å². The largest absolute Gasteiger partial charge is 0.392 e. The number of aliphatic hydroxyl groups is 1. The van der Waals surface area contributed by atoms with Crippen LogP contribution in [0, 0.1) is 0 Å². The summed E-state index contributed by atoms with van der Waals surface area (Å²) in [5.41, 5.74) is 1.84. The predicted octanol–water partition coefficient (Wildman–Crippen LogP) is 2.50. The van der Waals surface area contributed by atoms with Gasteiger partial charge < -0.3 is 10.4 Å². The van der Waals surface area contributed by atoms with Gasteiger partial charge in [0, 0.05) is 19.2 Å². The molecule has 0 saturated heterocycles. The Hall–Kier alpha value is -1.56. The lowest BCUT2D eigenvalue weighted by molar-refractivity contribution is 0.0918. The molecular weight excluding hydrogens is 313 g/mol. The van der Waals surface area contributed by atoms with Crippen molar-refractivity contribution in [3.63, 3.8) is 0 Å². The Kier molecular flexibility index (Phi) is 4.88. The molecule has 5 nitrogen and oxygen atoms in total. The van der Waals surface area contributed by atoms with Crippen LogP contribution in [0.2, 0.25) is 10.0 Å². The highest BCUT2D eigenvalue weighted by Gasteiger charge is 2.14. The second kappa shape index (κ2) is 6.47. The van der Waals surface area contributed by atoms with Gasteiger partial charge in [-0.2, -0.15) is 5.10 Å². The van der Waals surface area contributed by atoms with Gasteiger partial charge in [0.15, 0.2) is 5.69 Å². The molecule has 1 aromatic heterocycles. The van der Waals surface area contributed by atoms with Crippen molar-refractivity contribution < 1.29 is 9.90 Å². The van der Waals surface area contributed by atoms with Gasteiger partial charge in [0.2, 0.25) is 0 Å².